The van der Waals surface area contributed by atoms with E-state index in [1.54, 1.807) is 50.2 Å². The van der Waals surface area contributed by atoms with Gasteiger partial charge in [-0.2, -0.15) is 8.42 Å². The number of hydrogen-bond donors (Lipinski definition) is 4. The van der Waals surface area contributed by atoms with Gasteiger partial charge in [-0.25, -0.2) is 0 Å². The molecular weight excluding hydrogens is 436 g/mol. The second-order valence-corrected chi connectivity index (χ2v) is 9.31. The van der Waals surface area contributed by atoms with Crippen molar-refractivity contribution in [1.82, 2.24) is 0 Å². The van der Waals surface area contributed by atoms with Gasteiger partial charge in [0.1, 0.15) is 6.61 Å². The Balaban J connectivity index is 2.69. The van der Waals surface area contributed by atoms with E-state index in [2.05, 4.69) is 0 Å². The van der Waals surface area contributed by atoms with Crippen molar-refractivity contribution in [1.29, 1.82) is 0 Å². The van der Waals surface area contributed by atoms with Crippen molar-refractivity contribution in [2.45, 2.75) is 43.4 Å². The minimum atomic E-state index is -5.14. The normalized spacial score (nSPS) is 16.6. The molecule has 6 N–H and O–H groups in total. The summed E-state index contributed by atoms with van der Waals surface area (Å²) in [4.78, 5) is 27.2. The average Bonchev–Trinajstić information content (AvgIpc) is 2.77. The Labute approximate surface area is 187 Å². The van der Waals surface area contributed by atoms with Crippen molar-refractivity contribution < 1.29 is 32.4 Å². The molecule has 0 aromatic heterocycles. The van der Waals surface area contributed by atoms with Crippen LogP contribution in [0.1, 0.15) is 25.0 Å². The summed E-state index contributed by atoms with van der Waals surface area (Å²) < 4.78 is 38.3. The lowest BCUT2D eigenvalue weighted by Gasteiger charge is -2.39. The molecule has 10 heteroatoms. The summed E-state index contributed by atoms with van der Waals surface area (Å²) in [6.45, 7) is 3.03. The molecule has 4 atom stereocenters. The van der Waals surface area contributed by atoms with Crippen LogP contribution in [-0.4, -0.2) is 47.3 Å². The SMILES string of the molecule is CC(C)[C@@H](N)C(=O)C(C(=O)OCc1ccccc1)(c1ccccc1)C(N)C(O)S(=O)(=O)O. The quantitative estimate of drug-likeness (QED) is 0.225. The van der Waals surface area contributed by atoms with Crippen molar-refractivity contribution in [3.8, 4) is 0 Å². The van der Waals surface area contributed by atoms with Crippen LogP contribution < -0.4 is 11.5 Å². The number of aliphatic hydroxyl groups is 1. The maximum absolute atomic E-state index is 13.6. The van der Waals surface area contributed by atoms with Crippen molar-refractivity contribution >= 4 is 21.9 Å². The van der Waals surface area contributed by atoms with Crippen LogP contribution in [0.2, 0.25) is 0 Å². The third-order valence-corrected chi connectivity index (χ3v) is 6.19. The average molecular weight is 465 g/mol. The fourth-order valence-corrected chi connectivity index (χ4v) is 3.93. The van der Waals surface area contributed by atoms with Gasteiger partial charge in [0.2, 0.25) is 0 Å². The highest BCUT2D eigenvalue weighted by Crippen LogP contribution is 2.35. The summed E-state index contributed by atoms with van der Waals surface area (Å²) >= 11 is 0. The van der Waals surface area contributed by atoms with Crippen LogP contribution in [0.15, 0.2) is 60.7 Å². The molecule has 0 bridgehead atoms. The molecule has 9 nitrogen and oxygen atoms in total. The molecular formula is C22H28N2O7S. The van der Waals surface area contributed by atoms with E-state index in [1.807, 2.05) is 0 Å². The second kappa shape index (κ2) is 10.3. The molecule has 3 unspecified atom stereocenters. The fourth-order valence-electron chi connectivity index (χ4n) is 3.36. The molecule has 32 heavy (non-hydrogen) atoms. The minimum Gasteiger partial charge on any atom is -0.460 e. The molecule has 0 fully saturated rings. The molecule has 0 spiro atoms. The fraction of sp³-hybridized carbons (Fsp3) is 0.364. The molecule has 2 rings (SSSR count). The lowest BCUT2D eigenvalue weighted by molar-refractivity contribution is -0.158. The predicted octanol–water partition coefficient (Wildman–Crippen LogP) is 0.754. The van der Waals surface area contributed by atoms with E-state index in [9.17, 15) is 27.7 Å². The lowest BCUT2D eigenvalue weighted by Crippen LogP contribution is -2.66. The number of hydrogen-bond acceptors (Lipinski definition) is 8. The number of aliphatic hydroxyl groups excluding tert-OH is 1. The van der Waals surface area contributed by atoms with E-state index < -0.39 is 50.7 Å². The Morgan fingerprint density at radius 3 is 1.97 bits per heavy atom. The molecule has 174 valence electrons. The van der Waals surface area contributed by atoms with Crippen LogP contribution in [0.4, 0.5) is 0 Å². The number of benzene rings is 2. The van der Waals surface area contributed by atoms with Crippen molar-refractivity contribution in [3.05, 3.63) is 71.8 Å². The number of nitrogens with two attached hydrogens (primary N) is 2. The third kappa shape index (κ3) is 5.22. The van der Waals surface area contributed by atoms with Gasteiger partial charge in [-0.1, -0.05) is 74.5 Å². The van der Waals surface area contributed by atoms with Gasteiger partial charge in [-0.05, 0) is 17.0 Å². The van der Waals surface area contributed by atoms with E-state index >= 15 is 0 Å². The molecule has 0 saturated heterocycles. The summed E-state index contributed by atoms with van der Waals surface area (Å²) in [6, 6.07) is 12.6. The Bertz CT molecular complexity index is 1030. The number of Topliss-reactive ketones (excluding diaryl/α,β-unsaturated/α-hetero) is 1. The molecule has 0 aliphatic carbocycles. The van der Waals surface area contributed by atoms with Gasteiger partial charge >= 0.3 is 5.97 Å². The van der Waals surface area contributed by atoms with E-state index in [0.717, 1.165) is 0 Å². The number of ketones is 1. The van der Waals surface area contributed by atoms with Crippen molar-refractivity contribution in [2.75, 3.05) is 0 Å². The zero-order valence-corrected chi connectivity index (χ0v) is 18.6. The zero-order valence-electron chi connectivity index (χ0n) is 17.8. The monoisotopic (exact) mass is 464 g/mol. The zero-order chi connectivity index (χ0) is 24.1. The summed E-state index contributed by atoms with van der Waals surface area (Å²) in [7, 11) is -5.14. The van der Waals surface area contributed by atoms with Gasteiger partial charge in [0.05, 0.1) is 12.1 Å². The first kappa shape index (κ1) is 25.6. The Kier molecular flexibility index (Phi) is 8.27. The number of esters is 1. The predicted molar refractivity (Wildman–Crippen MR) is 118 cm³/mol. The van der Waals surface area contributed by atoms with Gasteiger partial charge in [-0.3, -0.25) is 14.1 Å². The highest BCUT2D eigenvalue weighted by Gasteiger charge is 2.59. The van der Waals surface area contributed by atoms with Crippen LogP contribution in [0.5, 0.6) is 0 Å². The molecule has 0 aliphatic rings. The maximum atomic E-state index is 13.6. The minimum absolute atomic E-state index is 0.0191. The Hall–Kier alpha value is -2.63. The van der Waals surface area contributed by atoms with Gasteiger partial charge in [0, 0.05) is 0 Å². The van der Waals surface area contributed by atoms with Gasteiger partial charge in [0.25, 0.3) is 10.1 Å². The molecule has 0 saturated carbocycles. The van der Waals surface area contributed by atoms with Crippen LogP contribution >= 0.6 is 0 Å². The summed E-state index contributed by atoms with van der Waals surface area (Å²) in [6.07, 6.45) is 0. The van der Waals surface area contributed by atoms with E-state index in [-0.39, 0.29) is 12.2 Å². The lowest BCUT2D eigenvalue weighted by atomic mass is 9.68. The van der Waals surface area contributed by atoms with Crippen LogP contribution in [0.25, 0.3) is 0 Å². The highest BCUT2D eigenvalue weighted by molar-refractivity contribution is 7.86. The first-order chi connectivity index (χ1) is 14.9. The van der Waals surface area contributed by atoms with Crippen molar-refractivity contribution in [3.63, 3.8) is 0 Å². The largest absolute Gasteiger partial charge is 0.460 e. The summed E-state index contributed by atoms with van der Waals surface area (Å²) in [5.41, 5.74) is 7.55. The Morgan fingerprint density at radius 1 is 1.00 bits per heavy atom. The molecule has 0 amide bonds. The molecule has 0 aliphatic heterocycles. The molecule has 0 radical (unpaired) electrons. The number of rotatable bonds is 10. The highest BCUT2D eigenvalue weighted by atomic mass is 32.2. The van der Waals surface area contributed by atoms with Crippen molar-refractivity contribution in [2.24, 2.45) is 17.4 Å². The van der Waals surface area contributed by atoms with Crippen LogP contribution in [0.3, 0.4) is 0 Å². The first-order valence-corrected chi connectivity index (χ1v) is 11.4. The smallest absolute Gasteiger partial charge is 0.326 e. The summed E-state index contributed by atoms with van der Waals surface area (Å²) in [5, 5.41) is 10.3. The van der Waals surface area contributed by atoms with Gasteiger partial charge in [0.15, 0.2) is 16.6 Å². The Morgan fingerprint density at radius 2 is 1.50 bits per heavy atom. The van der Waals surface area contributed by atoms with E-state index in [0.29, 0.717) is 5.56 Å². The van der Waals surface area contributed by atoms with Crippen LogP contribution in [-0.2, 0) is 36.5 Å². The molecule has 2 aromatic carbocycles. The molecule has 0 heterocycles. The van der Waals surface area contributed by atoms with Crippen LogP contribution in [0, 0.1) is 5.92 Å². The first-order valence-electron chi connectivity index (χ1n) is 9.90. The molecule has 2 aromatic rings. The standard InChI is InChI=1S/C22H28N2O7S/c1-14(2)17(23)19(25)22(16-11-7-4-8-12-16,18(24)20(26)32(28,29)30)21(27)31-13-15-9-5-3-6-10-15/h3-12,14,17-18,20,26H,13,23-24H2,1-2H3,(H,28,29,30)/t17-,18?,20?,22?/m1/s1. The number of carbonyl (C=O) groups is 2. The topological polar surface area (TPSA) is 170 Å². The van der Waals surface area contributed by atoms with E-state index in [1.165, 1.54) is 24.3 Å². The number of ether oxygens (including phenoxy) is 1. The maximum Gasteiger partial charge on any atom is 0.326 e. The van der Waals surface area contributed by atoms with E-state index in [4.69, 9.17) is 16.2 Å². The van der Waals surface area contributed by atoms with Gasteiger partial charge in [-0.15, -0.1) is 0 Å². The summed E-state index contributed by atoms with van der Waals surface area (Å²) in [5.74, 6) is -2.58. The number of carbonyl (C=O) groups excluding carboxylic acids is 2. The van der Waals surface area contributed by atoms with Gasteiger partial charge < -0.3 is 21.3 Å². The second-order valence-electron chi connectivity index (χ2n) is 7.80. The third-order valence-electron chi connectivity index (χ3n) is 5.29.